The van der Waals surface area contributed by atoms with E-state index in [9.17, 15) is 4.79 Å². The summed E-state index contributed by atoms with van der Waals surface area (Å²) in [6.07, 6.45) is 0. The molecule has 3 aromatic rings. The molecule has 0 bridgehead atoms. The largest absolute Gasteiger partial charge is 0.485 e. The van der Waals surface area contributed by atoms with E-state index in [-0.39, 0.29) is 12.4 Å². The van der Waals surface area contributed by atoms with Crippen molar-refractivity contribution >= 4 is 55.4 Å². The number of hydrogen-bond donors (Lipinski definition) is 0. The minimum Gasteiger partial charge on any atom is -0.485 e. The van der Waals surface area contributed by atoms with Gasteiger partial charge in [0.25, 0.3) is 0 Å². The van der Waals surface area contributed by atoms with Crippen LogP contribution in [-0.4, -0.2) is 12.4 Å². The molecule has 0 aliphatic heterocycles. The molecule has 0 amide bonds. The Morgan fingerprint density at radius 1 is 1.10 bits per heavy atom. The third-order valence-electron chi connectivity index (χ3n) is 2.99. The molecule has 0 aliphatic rings. The molecule has 106 valence electrons. The van der Waals surface area contributed by atoms with Crippen molar-refractivity contribution in [2.45, 2.75) is 0 Å². The predicted octanol–water partition coefficient (Wildman–Crippen LogP) is 5.58. The van der Waals surface area contributed by atoms with Crippen molar-refractivity contribution in [2.24, 2.45) is 0 Å². The van der Waals surface area contributed by atoms with Crippen LogP contribution in [-0.2, 0) is 0 Å². The molecule has 21 heavy (non-hydrogen) atoms. The zero-order valence-electron chi connectivity index (χ0n) is 10.8. The number of carbonyl (C=O) groups excluding carboxylic acids is 1. The number of rotatable bonds is 4. The van der Waals surface area contributed by atoms with Crippen molar-refractivity contribution < 1.29 is 9.53 Å². The summed E-state index contributed by atoms with van der Waals surface area (Å²) in [5.41, 5.74) is 0. The number of fused-ring (bicyclic) bond motifs is 1. The summed E-state index contributed by atoms with van der Waals surface area (Å²) in [5.74, 6) is 0.614. The van der Waals surface area contributed by atoms with Crippen molar-refractivity contribution in [1.82, 2.24) is 0 Å². The average molecular weight is 382 g/mol. The lowest BCUT2D eigenvalue weighted by Gasteiger charge is -2.06. The molecule has 0 N–H and O–H groups in total. The van der Waals surface area contributed by atoms with Crippen LogP contribution in [0, 0.1) is 0 Å². The number of thiophene rings is 1. The van der Waals surface area contributed by atoms with Gasteiger partial charge < -0.3 is 4.74 Å². The number of benzene rings is 2. The van der Waals surface area contributed by atoms with Crippen LogP contribution in [0.5, 0.6) is 5.75 Å². The van der Waals surface area contributed by atoms with Gasteiger partial charge in [-0.25, -0.2) is 0 Å². The van der Waals surface area contributed by atoms with Gasteiger partial charge in [0.05, 0.1) is 9.21 Å². The zero-order chi connectivity index (χ0) is 14.8. The highest BCUT2D eigenvalue weighted by atomic mass is 79.9. The van der Waals surface area contributed by atoms with Gasteiger partial charge in [-0.2, -0.15) is 0 Å². The Balaban J connectivity index is 1.73. The summed E-state index contributed by atoms with van der Waals surface area (Å²) >= 11 is 10.5. The molecule has 0 aliphatic carbocycles. The second kappa shape index (κ2) is 6.18. The first-order valence-corrected chi connectivity index (χ1v) is 8.21. The number of halogens is 2. The second-order valence-corrected chi connectivity index (χ2v) is 7.10. The van der Waals surface area contributed by atoms with Gasteiger partial charge in [0.15, 0.2) is 6.61 Å². The smallest absolute Gasteiger partial charge is 0.210 e. The molecule has 3 rings (SSSR count). The van der Waals surface area contributed by atoms with Gasteiger partial charge in [-0.05, 0) is 47.2 Å². The lowest BCUT2D eigenvalue weighted by Crippen LogP contribution is -2.09. The van der Waals surface area contributed by atoms with Crippen LogP contribution in [0.2, 0.25) is 4.34 Å². The van der Waals surface area contributed by atoms with Gasteiger partial charge in [0.2, 0.25) is 5.78 Å². The Labute approximate surface area is 139 Å². The van der Waals surface area contributed by atoms with Gasteiger partial charge in [-0.15, -0.1) is 11.3 Å². The number of Topliss-reactive ketones (excluding diaryl/α,β-unsaturated/α-hetero) is 1. The Hall–Kier alpha value is -1.36. The molecule has 2 nitrogen and oxygen atoms in total. The van der Waals surface area contributed by atoms with E-state index in [0.717, 1.165) is 15.2 Å². The molecule has 1 heterocycles. The molecule has 0 saturated heterocycles. The number of hydrogen-bond acceptors (Lipinski definition) is 3. The Bertz CT molecular complexity index is 813. The van der Waals surface area contributed by atoms with Gasteiger partial charge in [0.1, 0.15) is 5.75 Å². The molecule has 0 saturated carbocycles. The van der Waals surface area contributed by atoms with Crippen LogP contribution in [0.1, 0.15) is 9.67 Å². The van der Waals surface area contributed by atoms with Crippen molar-refractivity contribution in [3.05, 3.63) is 62.2 Å². The van der Waals surface area contributed by atoms with E-state index >= 15 is 0 Å². The fraction of sp³-hybridized carbons (Fsp3) is 0.0625. The quantitative estimate of drug-likeness (QED) is 0.552. The summed E-state index contributed by atoms with van der Waals surface area (Å²) in [6, 6.07) is 15.2. The highest BCUT2D eigenvalue weighted by Gasteiger charge is 2.10. The maximum absolute atomic E-state index is 12.0. The average Bonchev–Trinajstić information content (AvgIpc) is 2.91. The lowest BCUT2D eigenvalue weighted by molar-refractivity contribution is 0.0925. The fourth-order valence-electron chi connectivity index (χ4n) is 1.97. The molecule has 1 aromatic heterocycles. The molecule has 0 fully saturated rings. The number of ketones is 1. The Kier molecular flexibility index (Phi) is 4.29. The lowest BCUT2D eigenvalue weighted by atomic mass is 10.1. The standard InChI is InChI=1S/C16H10BrClO2S/c17-12-3-1-11-8-13(4-2-10(11)7-12)20-9-14(19)15-5-6-16(18)21-15/h1-8H,9H2. The van der Waals surface area contributed by atoms with Crippen LogP contribution >= 0.6 is 38.9 Å². The number of ether oxygens (including phenoxy) is 1. The first-order valence-electron chi connectivity index (χ1n) is 6.22. The third-order valence-corrected chi connectivity index (χ3v) is 4.76. The minimum atomic E-state index is -0.0668. The van der Waals surface area contributed by atoms with E-state index in [1.807, 2.05) is 36.4 Å². The van der Waals surface area contributed by atoms with Crippen LogP contribution < -0.4 is 4.74 Å². The second-order valence-electron chi connectivity index (χ2n) is 4.47. The zero-order valence-corrected chi connectivity index (χ0v) is 14.0. The Morgan fingerprint density at radius 2 is 1.86 bits per heavy atom. The van der Waals surface area contributed by atoms with E-state index in [0.29, 0.717) is 15.0 Å². The SMILES string of the molecule is O=C(COc1ccc2cc(Br)ccc2c1)c1ccc(Cl)s1. The molecule has 2 aromatic carbocycles. The van der Waals surface area contributed by atoms with Crippen molar-refractivity contribution in [3.63, 3.8) is 0 Å². The maximum atomic E-state index is 12.0. The molecule has 0 unspecified atom stereocenters. The van der Waals surface area contributed by atoms with Crippen molar-refractivity contribution in [1.29, 1.82) is 0 Å². The summed E-state index contributed by atoms with van der Waals surface area (Å²) in [6.45, 7) is 0.0128. The van der Waals surface area contributed by atoms with Gasteiger partial charge in [-0.1, -0.05) is 39.7 Å². The van der Waals surface area contributed by atoms with Gasteiger partial charge in [0, 0.05) is 4.47 Å². The van der Waals surface area contributed by atoms with E-state index in [1.54, 1.807) is 12.1 Å². The molecule has 0 spiro atoms. The summed E-state index contributed by atoms with van der Waals surface area (Å²) < 4.78 is 7.21. The highest BCUT2D eigenvalue weighted by molar-refractivity contribution is 9.10. The van der Waals surface area contributed by atoms with Crippen molar-refractivity contribution in [3.8, 4) is 5.75 Å². The third kappa shape index (κ3) is 3.46. The van der Waals surface area contributed by atoms with Crippen LogP contribution in [0.4, 0.5) is 0 Å². The maximum Gasteiger partial charge on any atom is 0.210 e. The summed E-state index contributed by atoms with van der Waals surface area (Å²) in [7, 11) is 0. The van der Waals surface area contributed by atoms with Crippen LogP contribution in [0.3, 0.4) is 0 Å². The Morgan fingerprint density at radius 3 is 2.62 bits per heavy atom. The van der Waals surface area contributed by atoms with E-state index in [1.165, 1.54) is 11.3 Å². The molecular weight excluding hydrogens is 372 g/mol. The first-order chi connectivity index (χ1) is 10.1. The van der Waals surface area contributed by atoms with Crippen molar-refractivity contribution in [2.75, 3.05) is 6.61 Å². The van der Waals surface area contributed by atoms with Crippen LogP contribution in [0.15, 0.2) is 53.0 Å². The minimum absolute atomic E-state index is 0.0128. The topological polar surface area (TPSA) is 26.3 Å². The van der Waals surface area contributed by atoms with Crippen LogP contribution in [0.25, 0.3) is 10.8 Å². The number of carbonyl (C=O) groups is 1. The summed E-state index contributed by atoms with van der Waals surface area (Å²) in [5, 5.41) is 2.19. The predicted molar refractivity (Wildman–Crippen MR) is 90.8 cm³/mol. The first kappa shape index (κ1) is 14.6. The molecule has 0 radical (unpaired) electrons. The summed E-state index contributed by atoms with van der Waals surface area (Å²) in [4.78, 5) is 12.6. The monoisotopic (exact) mass is 380 g/mol. The normalized spacial score (nSPS) is 10.8. The molecular formula is C16H10BrClO2S. The fourth-order valence-corrected chi connectivity index (χ4v) is 3.31. The molecule has 5 heteroatoms. The molecule has 0 atom stereocenters. The van der Waals surface area contributed by atoms with Gasteiger partial charge >= 0.3 is 0 Å². The van der Waals surface area contributed by atoms with Gasteiger partial charge in [-0.3, -0.25) is 4.79 Å². The highest BCUT2D eigenvalue weighted by Crippen LogP contribution is 2.25. The van der Waals surface area contributed by atoms with E-state index < -0.39 is 0 Å². The van der Waals surface area contributed by atoms with E-state index in [2.05, 4.69) is 15.9 Å². The van der Waals surface area contributed by atoms with E-state index in [4.69, 9.17) is 16.3 Å².